The Morgan fingerprint density at radius 2 is 2.00 bits per heavy atom. The number of carbonyl (C=O) groups excluding carboxylic acids is 1. The third-order valence-electron chi connectivity index (χ3n) is 3.35. The number of rotatable bonds is 2. The predicted molar refractivity (Wildman–Crippen MR) is 77.5 cm³/mol. The zero-order valence-electron chi connectivity index (χ0n) is 9.43. The molecule has 1 saturated carbocycles. The standard InChI is InChI=1S/C11H12BrN3O.2ClH/c12-6-1-2-9(14-3-6)11(16)15-10-7-4-13-5-8(7)10;;/h1-3,7-8,10,13H,4-5H2,(H,15,16);2*1H. The highest BCUT2D eigenvalue weighted by Crippen LogP contribution is 2.41. The minimum atomic E-state index is -0.0631. The molecule has 4 nitrogen and oxygen atoms in total. The molecule has 1 aliphatic carbocycles. The lowest BCUT2D eigenvalue weighted by atomic mass is 10.3. The van der Waals surface area contributed by atoms with Gasteiger partial charge in [0.05, 0.1) is 0 Å². The van der Waals surface area contributed by atoms with Crippen molar-refractivity contribution in [3.63, 3.8) is 0 Å². The molecular weight excluding hydrogens is 341 g/mol. The third kappa shape index (κ3) is 2.96. The Balaban J connectivity index is 0.000000810. The number of fused-ring (bicyclic) bond motifs is 1. The van der Waals surface area contributed by atoms with E-state index >= 15 is 0 Å². The van der Waals surface area contributed by atoms with Gasteiger partial charge in [-0.2, -0.15) is 0 Å². The molecule has 2 aliphatic rings. The fourth-order valence-electron chi connectivity index (χ4n) is 2.37. The monoisotopic (exact) mass is 353 g/mol. The summed E-state index contributed by atoms with van der Waals surface area (Å²) >= 11 is 3.29. The van der Waals surface area contributed by atoms with Crippen molar-refractivity contribution in [2.75, 3.05) is 13.1 Å². The van der Waals surface area contributed by atoms with Crippen LogP contribution in [0.5, 0.6) is 0 Å². The SMILES string of the molecule is Cl.Cl.O=C(NC1C2CNCC21)c1ccc(Br)cn1. The van der Waals surface area contributed by atoms with Crippen molar-refractivity contribution < 1.29 is 4.79 Å². The highest BCUT2D eigenvalue weighted by Gasteiger charge is 2.53. The number of nitrogens with zero attached hydrogens (tertiary/aromatic N) is 1. The van der Waals surface area contributed by atoms with Gasteiger partial charge in [-0.3, -0.25) is 4.79 Å². The fraction of sp³-hybridized carbons (Fsp3) is 0.455. The average Bonchev–Trinajstić information content (AvgIpc) is 2.75. The maximum Gasteiger partial charge on any atom is 0.270 e. The van der Waals surface area contributed by atoms with Gasteiger partial charge in [-0.15, -0.1) is 24.8 Å². The number of nitrogens with one attached hydrogen (secondary N) is 2. The van der Waals surface area contributed by atoms with Crippen LogP contribution < -0.4 is 10.6 Å². The van der Waals surface area contributed by atoms with E-state index in [4.69, 9.17) is 0 Å². The molecule has 2 fully saturated rings. The molecule has 100 valence electrons. The van der Waals surface area contributed by atoms with E-state index in [1.807, 2.05) is 6.07 Å². The minimum Gasteiger partial charge on any atom is -0.347 e. The Bertz CT molecular complexity index is 419. The van der Waals surface area contributed by atoms with Gasteiger partial charge in [-0.1, -0.05) is 0 Å². The van der Waals surface area contributed by atoms with Crippen molar-refractivity contribution in [2.24, 2.45) is 11.8 Å². The molecule has 2 heterocycles. The summed E-state index contributed by atoms with van der Waals surface area (Å²) in [5.41, 5.74) is 0.487. The minimum absolute atomic E-state index is 0. The highest BCUT2D eigenvalue weighted by molar-refractivity contribution is 9.10. The molecule has 18 heavy (non-hydrogen) atoms. The number of carbonyl (C=O) groups is 1. The normalized spacial score (nSPS) is 27.5. The second-order valence-electron chi connectivity index (χ2n) is 4.35. The molecule has 2 unspecified atom stereocenters. The topological polar surface area (TPSA) is 54.0 Å². The summed E-state index contributed by atoms with van der Waals surface area (Å²) in [4.78, 5) is 15.9. The van der Waals surface area contributed by atoms with E-state index in [-0.39, 0.29) is 30.7 Å². The maximum absolute atomic E-state index is 11.8. The van der Waals surface area contributed by atoms with Crippen LogP contribution in [0.15, 0.2) is 22.8 Å². The average molecular weight is 355 g/mol. The summed E-state index contributed by atoms with van der Waals surface area (Å²) < 4.78 is 0.886. The van der Waals surface area contributed by atoms with Crippen LogP contribution in [0.1, 0.15) is 10.5 Å². The van der Waals surface area contributed by atoms with E-state index in [0.29, 0.717) is 23.6 Å². The Morgan fingerprint density at radius 1 is 1.33 bits per heavy atom. The molecule has 0 bridgehead atoms. The van der Waals surface area contributed by atoms with Gasteiger partial charge in [0.15, 0.2) is 0 Å². The lowest BCUT2D eigenvalue weighted by molar-refractivity contribution is 0.0941. The second kappa shape index (κ2) is 6.19. The molecule has 0 radical (unpaired) electrons. The summed E-state index contributed by atoms with van der Waals surface area (Å²) in [7, 11) is 0. The van der Waals surface area contributed by atoms with Crippen LogP contribution >= 0.6 is 40.7 Å². The van der Waals surface area contributed by atoms with Gasteiger partial charge in [0.1, 0.15) is 5.69 Å². The third-order valence-corrected chi connectivity index (χ3v) is 3.82. The van der Waals surface area contributed by atoms with E-state index < -0.39 is 0 Å². The van der Waals surface area contributed by atoms with Crippen LogP contribution in [0.3, 0.4) is 0 Å². The first kappa shape index (κ1) is 15.7. The summed E-state index contributed by atoms with van der Waals surface area (Å²) in [6, 6.07) is 3.92. The van der Waals surface area contributed by atoms with Crippen molar-refractivity contribution >= 4 is 46.7 Å². The summed E-state index contributed by atoms with van der Waals surface area (Å²) in [5.74, 6) is 1.21. The summed E-state index contributed by atoms with van der Waals surface area (Å²) in [5, 5.41) is 6.33. The Morgan fingerprint density at radius 3 is 2.56 bits per heavy atom. The van der Waals surface area contributed by atoms with Crippen LogP contribution in [0, 0.1) is 11.8 Å². The molecular formula is C11H14BrCl2N3O. The first-order valence-corrected chi connectivity index (χ1v) is 6.18. The lowest BCUT2D eigenvalue weighted by Gasteiger charge is -2.06. The first-order chi connectivity index (χ1) is 7.75. The molecule has 1 saturated heterocycles. The van der Waals surface area contributed by atoms with E-state index in [2.05, 4.69) is 31.5 Å². The molecule has 1 amide bonds. The van der Waals surface area contributed by atoms with E-state index in [0.717, 1.165) is 17.6 Å². The van der Waals surface area contributed by atoms with Crippen molar-refractivity contribution in [1.29, 1.82) is 0 Å². The van der Waals surface area contributed by atoms with Gasteiger partial charge in [0.25, 0.3) is 5.91 Å². The van der Waals surface area contributed by atoms with Gasteiger partial charge in [0.2, 0.25) is 0 Å². The predicted octanol–water partition coefficient (Wildman–Crippen LogP) is 1.64. The van der Waals surface area contributed by atoms with Gasteiger partial charge in [-0.25, -0.2) is 4.98 Å². The zero-order chi connectivity index (χ0) is 11.1. The molecule has 2 N–H and O–H groups in total. The quantitative estimate of drug-likeness (QED) is 0.848. The maximum atomic E-state index is 11.8. The van der Waals surface area contributed by atoms with Crippen LogP contribution in [-0.2, 0) is 0 Å². The number of aromatic nitrogens is 1. The second-order valence-corrected chi connectivity index (χ2v) is 5.26. The summed E-state index contributed by atoms with van der Waals surface area (Å²) in [6.07, 6.45) is 1.64. The van der Waals surface area contributed by atoms with Gasteiger partial charge in [0, 0.05) is 29.8 Å². The Hall–Kier alpha value is -0.360. The molecule has 1 aromatic rings. The number of amides is 1. The van der Waals surface area contributed by atoms with E-state index in [9.17, 15) is 4.79 Å². The molecule has 2 atom stereocenters. The number of hydrogen-bond acceptors (Lipinski definition) is 3. The van der Waals surface area contributed by atoms with Crippen molar-refractivity contribution in [1.82, 2.24) is 15.6 Å². The van der Waals surface area contributed by atoms with Crippen molar-refractivity contribution in [2.45, 2.75) is 6.04 Å². The highest BCUT2D eigenvalue weighted by atomic mass is 79.9. The lowest BCUT2D eigenvalue weighted by Crippen LogP contribution is -2.32. The van der Waals surface area contributed by atoms with Gasteiger partial charge in [-0.05, 0) is 39.9 Å². The molecule has 0 aromatic carbocycles. The van der Waals surface area contributed by atoms with Gasteiger partial charge >= 0.3 is 0 Å². The molecule has 1 aromatic heterocycles. The van der Waals surface area contributed by atoms with Crippen molar-refractivity contribution in [3.05, 3.63) is 28.5 Å². The smallest absolute Gasteiger partial charge is 0.270 e. The Kier molecular flexibility index (Phi) is 5.40. The van der Waals surface area contributed by atoms with Gasteiger partial charge < -0.3 is 10.6 Å². The Labute approximate surface area is 126 Å². The van der Waals surface area contributed by atoms with Crippen molar-refractivity contribution in [3.8, 4) is 0 Å². The zero-order valence-corrected chi connectivity index (χ0v) is 12.6. The fourth-order valence-corrected chi connectivity index (χ4v) is 2.60. The number of halogens is 3. The van der Waals surface area contributed by atoms with E-state index in [1.54, 1.807) is 12.3 Å². The largest absolute Gasteiger partial charge is 0.347 e. The molecule has 7 heteroatoms. The number of pyridine rings is 1. The molecule has 1 aliphatic heterocycles. The van der Waals surface area contributed by atoms with E-state index in [1.165, 1.54) is 0 Å². The van der Waals surface area contributed by atoms with Crippen LogP contribution in [0.25, 0.3) is 0 Å². The van der Waals surface area contributed by atoms with Crippen LogP contribution in [-0.4, -0.2) is 30.0 Å². The molecule has 0 spiro atoms. The van der Waals surface area contributed by atoms with Crippen LogP contribution in [0.2, 0.25) is 0 Å². The first-order valence-electron chi connectivity index (χ1n) is 5.39. The number of piperidine rings is 1. The summed E-state index contributed by atoms with van der Waals surface area (Å²) in [6.45, 7) is 2.06. The molecule has 3 rings (SSSR count). The van der Waals surface area contributed by atoms with Crippen LogP contribution in [0.4, 0.5) is 0 Å². The number of hydrogen-bond donors (Lipinski definition) is 2.